The zero-order valence-corrected chi connectivity index (χ0v) is 9.04. The first-order chi connectivity index (χ1) is 7.56. The Morgan fingerprint density at radius 2 is 2.25 bits per heavy atom. The van der Waals surface area contributed by atoms with E-state index in [0.29, 0.717) is 11.3 Å². The van der Waals surface area contributed by atoms with E-state index >= 15 is 0 Å². The molecule has 1 rings (SSSR count). The molecule has 0 spiro atoms. The average molecular weight is 227 g/mol. The van der Waals surface area contributed by atoms with Crippen molar-refractivity contribution >= 4 is 5.69 Å². The molecule has 88 valence electrons. The van der Waals surface area contributed by atoms with E-state index in [0.717, 1.165) is 0 Å². The summed E-state index contributed by atoms with van der Waals surface area (Å²) in [5.74, 6) is 0.377. The first-order valence-corrected chi connectivity index (χ1v) is 4.64. The van der Waals surface area contributed by atoms with Gasteiger partial charge in [-0.1, -0.05) is 0 Å². The van der Waals surface area contributed by atoms with E-state index in [2.05, 4.69) is 0 Å². The minimum atomic E-state index is -0.841. The molecule has 1 N–H and O–H groups in total. The molecule has 0 unspecified atom stereocenters. The van der Waals surface area contributed by atoms with E-state index in [-0.39, 0.29) is 12.5 Å². The van der Waals surface area contributed by atoms with Crippen LogP contribution in [0.3, 0.4) is 0 Å². The van der Waals surface area contributed by atoms with Gasteiger partial charge in [0.1, 0.15) is 5.75 Å². The SMILES string of the molecule is COCOc1ccc([N+](=O)[O-])cc1[C@@H](C)O. The molecule has 0 aromatic heterocycles. The van der Waals surface area contributed by atoms with Gasteiger partial charge in [-0.25, -0.2) is 0 Å². The van der Waals surface area contributed by atoms with Crippen molar-refractivity contribution in [2.45, 2.75) is 13.0 Å². The highest BCUT2D eigenvalue weighted by Gasteiger charge is 2.15. The molecule has 1 aromatic rings. The van der Waals surface area contributed by atoms with E-state index in [1.54, 1.807) is 0 Å². The number of nitro benzene ring substituents is 1. The number of aliphatic hydroxyl groups excluding tert-OH is 1. The van der Waals surface area contributed by atoms with Gasteiger partial charge < -0.3 is 14.6 Å². The highest BCUT2D eigenvalue weighted by molar-refractivity contribution is 5.44. The maximum atomic E-state index is 10.6. The van der Waals surface area contributed by atoms with Crippen LogP contribution >= 0.6 is 0 Å². The summed E-state index contributed by atoms with van der Waals surface area (Å²) in [4.78, 5) is 10.0. The normalized spacial score (nSPS) is 12.2. The number of ether oxygens (including phenoxy) is 2. The molecule has 1 aromatic carbocycles. The fraction of sp³-hybridized carbons (Fsp3) is 0.400. The maximum Gasteiger partial charge on any atom is 0.270 e. The van der Waals surface area contributed by atoms with E-state index in [4.69, 9.17) is 9.47 Å². The Hall–Kier alpha value is -1.66. The van der Waals surface area contributed by atoms with Crippen LogP contribution in [0.2, 0.25) is 0 Å². The molecule has 1 atom stereocenters. The molecule has 0 saturated heterocycles. The standard InChI is InChI=1S/C10H13NO5/c1-7(12)9-5-8(11(13)14)3-4-10(9)16-6-15-2/h3-5,7,12H,6H2,1-2H3/t7-/m1/s1. The van der Waals surface area contributed by atoms with Crippen LogP contribution in [-0.2, 0) is 4.74 Å². The van der Waals surface area contributed by atoms with E-state index in [1.807, 2.05) is 0 Å². The number of nitrogens with zero attached hydrogens (tertiary/aromatic N) is 1. The molecule has 0 aliphatic rings. The number of aliphatic hydroxyl groups is 1. The minimum Gasteiger partial charge on any atom is -0.467 e. The van der Waals surface area contributed by atoms with Gasteiger partial charge in [0, 0.05) is 24.8 Å². The van der Waals surface area contributed by atoms with Crippen molar-refractivity contribution in [3.63, 3.8) is 0 Å². The zero-order chi connectivity index (χ0) is 12.1. The summed E-state index contributed by atoms with van der Waals surface area (Å²) in [6.07, 6.45) is -0.841. The summed E-state index contributed by atoms with van der Waals surface area (Å²) in [6.45, 7) is 1.54. The minimum absolute atomic E-state index is 0.0253. The summed E-state index contributed by atoms with van der Waals surface area (Å²) in [5, 5.41) is 20.0. The molecule has 0 radical (unpaired) electrons. The Kier molecular flexibility index (Phi) is 4.21. The van der Waals surface area contributed by atoms with Crippen molar-refractivity contribution in [1.82, 2.24) is 0 Å². The monoisotopic (exact) mass is 227 g/mol. The average Bonchev–Trinajstić information content (AvgIpc) is 2.25. The molecular weight excluding hydrogens is 214 g/mol. The van der Waals surface area contributed by atoms with Crippen molar-refractivity contribution in [2.24, 2.45) is 0 Å². The molecule has 0 heterocycles. The van der Waals surface area contributed by atoms with Gasteiger partial charge in [0.15, 0.2) is 6.79 Å². The first-order valence-electron chi connectivity index (χ1n) is 4.64. The topological polar surface area (TPSA) is 81.8 Å². The van der Waals surface area contributed by atoms with Gasteiger partial charge in [0.2, 0.25) is 0 Å². The Bertz CT molecular complexity index is 377. The molecule has 6 nitrogen and oxygen atoms in total. The van der Waals surface area contributed by atoms with Gasteiger partial charge in [-0.3, -0.25) is 10.1 Å². The van der Waals surface area contributed by atoms with Gasteiger partial charge in [-0.15, -0.1) is 0 Å². The third-order valence-corrected chi connectivity index (χ3v) is 1.99. The highest BCUT2D eigenvalue weighted by Crippen LogP contribution is 2.29. The Morgan fingerprint density at radius 1 is 1.56 bits per heavy atom. The van der Waals surface area contributed by atoms with Gasteiger partial charge >= 0.3 is 0 Å². The number of hydrogen-bond donors (Lipinski definition) is 1. The van der Waals surface area contributed by atoms with Crippen LogP contribution < -0.4 is 4.74 Å². The fourth-order valence-electron chi connectivity index (χ4n) is 1.23. The van der Waals surface area contributed by atoms with Crippen LogP contribution in [0.15, 0.2) is 18.2 Å². The Balaban J connectivity index is 3.04. The summed E-state index contributed by atoms with van der Waals surface area (Å²) in [7, 11) is 1.47. The molecule has 0 amide bonds. The van der Waals surface area contributed by atoms with Crippen molar-refractivity contribution in [3.8, 4) is 5.75 Å². The number of rotatable bonds is 5. The quantitative estimate of drug-likeness (QED) is 0.469. The van der Waals surface area contributed by atoms with Crippen LogP contribution in [0.5, 0.6) is 5.75 Å². The van der Waals surface area contributed by atoms with Crippen molar-refractivity contribution in [3.05, 3.63) is 33.9 Å². The third kappa shape index (κ3) is 2.91. The van der Waals surface area contributed by atoms with E-state index in [1.165, 1.54) is 32.2 Å². The van der Waals surface area contributed by atoms with Gasteiger partial charge in [0.25, 0.3) is 5.69 Å². The van der Waals surface area contributed by atoms with E-state index < -0.39 is 11.0 Å². The number of nitro groups is 1. The highest BCUT2D eigenvalue weighted by atomic mass is 16.7. The Morgan fingerprint density at radius 3 is 2.75 bits per heavy atom. The molecule has 0 bridgehead atoms. The number of hydrogen-bond acceptors (Lipinski definition) is 5. The second-order valence-corrected chi connectivity index (χ2v) is 3.21. The lowest BCUT2D eigenvalue weighted by Gasteiger charge is -2.12. The van der Waals surface area contributed by atoms with Crippen LogP contribution in [0, 0.1) is 10.1 Å². The number of benzene rings is 1. The number of methoxy groups -OCH3 is 1. The predicted molar refractivity (Wildman–Crippen MR) is 56.2 cm³/mol. The molecule has 0 aliphatic heterocycles. The molecule has 0 aliphatic carbocycles. The zero-order valence-electron chi connectivity index (χ0n) is 9.04. The molecular formula is C10H13NO5. The van der Waals surface area contributed by atoms with Crippen molar-refractivity contribution in [1.29, 1.82) is 0 Å². The maximum absolute atomic E-state index is 10.6. The fourth-order valence-corrected chi connectivity index (χ4v) is 1.23. The van der Waals surface area contributed by atoms with E-state index in [9.17, 15) is 15.2 Å². The third-order valence-electron chi connectivity index (χ3n) is 1.99. The van der Waals surface area contributed by atoms with Gasteiger partial charge in [-0.2, -0.15) is 0 Å². The van der Waals surface area contributed by atoms with Gasteiger partial charge in [0.05, 0.1) is 11.0 Å². The summed E-state index contributed by atoms with van der Waals surface area (Å²) in [6, 6.07) is 4.05. The first kappa shape index (κ1) is 12.4. The second kappa shape index (κ2) is 5.43. The van der Waals surface area contributed by atoms with Crippen molar-refractivity contribution in [2.75, 3.05) is 13.9 Å². The number of non-ortho nitro benzene ring substituents is 1. The Labute approximate surface area is 92.6 Å². The second-order valence-electron chi connectivity index (χ2n) is 3.21. The van der Waals surface area contributed by atoms with Crippen LogP contribution in [0.4, 0.5) is 5.69 Å². The van der Waals surface area contributed by atoms with Crippen LogP contribution in [0.1, 0.15) is 18.6 Å². The molecule has 0 saturated carbocycles. The smallest absolute Gasteiger partial charge is 0.270 e. The lowest BCUT2D eigenvalue weighted by molar-refractivity contribution is -0.385. The van der Waals surface area contributed by atoms with Crippen LogP contribution in [-0.4, -0.2) is 23.9 Å². The lowest BCUT2D eigenvalue weighted by atomic mass is 10.1. The predicted octanol–water partition coefficient (Wildman–Crippen LogP) is 1.63. The largest absolute Gasteiger partial charge is 0.467 e. The molecule has 0 fully saturated rings. The molecule has 16 heavy (non-hydrogen) atoms. The van der Waals surface area contributed by atoms with Gasteiger partial charge in [-0.05, 0) is 13.0 Å². The summed E-state index contributed by atoms with van der Waals surface area (Å²) >= 11 is 0. The summed E-state index contributed by atoms with van der Waals surface area (Å²) < 4.78 is 9.90. The lowest BCUT2D eigenvalue weighted by Crippen LogP contribution is -2.04. The molecule has 6 heteroatoms. The van der Waals surface area contributed by atoms with Crippen LogP contribution in [0.25, 0.3) is 0 Å². The van der Waals surface area contributed by atoms with Crippen molar-refractivity contribution < 1.29 is 19.5 Å². The summed E-state index contributed by atoms with van der Waals surface area (Å²) in [5.41, 5.74) is 0.284.